The van der Waals surface area contributed by atoms with E-state index >= 15 is 0 Å². The Bertz CT molecular complexity index is 995. The van der Waals surface area contributed by atoms with E-state index in [9.17, 15) is 9.59 Å². The minimum absolute atomic E-state index is 0.0310. The van der Waals surface area contributed by atoms with E-state index < -0.39 is 0 Å². The second-order valence-electron chi connectivity index (χ2n) is 6.44. The van der Waals surface area contributed by atoms with Crippen molar-refractivity contribution in [1.29, 1.82) is 0 Å². The van der Waals surface area contributed by atoms with Crippen molar-refractivity contribution in [1.82, 2.24) is 14.9 Å². The number of morpholine rings is 1. The summed E-state index contributed by atoms with van der Waals surface area (Å²) in [7, 11) is 1.86. The number of amides is 1. The number of nitrogens with two attached hydrogens (primary N) is 1. The first kappa shape index (κ1) is 23.8. The molecule has 9 heteroatoms. The number of hydrogen-bond donors (Lipinski definition) is 2. The maximum absolute atomic E-state index is 12.3. The summed E-state index contributed by atoms with van der Waals surface area (Å²) in [5.74, 6) is 0.814. The van der Waals surface area contributed by atoms with Crippen LogP contribution in [-0.2, 0) is 4.74 Å². The first-order valence-corrected chi connectivity index (χ1v) is 10.1. The smallest absolute Gasteiger partial charge is 0.255 e. The number of anilines is 2. The van der Waals surface area contributed by atoms with E-state index in [1.165, 1.54) is 11.8 Å². The average molecular weight is 428 g/mol. The molecule has 9 nitrogen and oxygen atoms in total. The van der Waals surface area contributed by atoms with Gasteiger partial charge in [0.1, 0.15) is 17.0 Å². The average Bonchev–Trinajstić information content (AvgIpc) is 3.16. The molecule has 0 radical (unpaired) electrons. The molecule has 3 aromatic heterocycles. The van der Waals surface area contributed by atoms with Crippen molar-refractivity contribution in [2.75, 3.05) is 44.4 Å². The highest BCUT2D eigenvalue weighted by molar-refractivity contribution is 6.00. The first-order chi connectivity index (χ1) is 15.0. The van der Waals surface area contributed by atoms with Gasteiger partial charge in [0.05, 0.1) is 18.8 Å². The van der Waals surface area contributed by atoms with Crippen molar-refractivity contribution in [3.63, 3.8) is 0 Å². The quantitative estimate of drug-likeness (QED) is 0.611. The molecule has 4 rings (SSSR count). The van der Waals surface area contributed by atoms with E-state index in [1.807, 2.05) is 46.1 Å². The Morgan fingerprint density at radius 1 is 1.19 bits per heavy atom. The second-order valence-corrected chi connectivity index (χ2v) is 6.44. The van der Waals surface area contributed by atoms with Crippen LogP contribution >= 0.6 is 0 Å². The molecule has 0 unspecified atom stereocenters. The van der Waals surface area contributed by atoms with Crippen molar-refractivity contribution in [3.8, 4) is 0 Å². The van der Waals surface area contributed by atoms with Gasteiger partial charge < -0.3 is 25.1 Å². The zero-order chi connectivity index (χ0) is 22.8. The topological polar surface area (TPSA) is 124 Å². The van der Waals surface area contributed by atoms with E-state index in [-0.39, 0.29) is 17.4 Å². The number of nitrogen functional groups attached to an aromatic ring is 1. The van der Waals surface area contributed by atoms with Crippen LogP contribution in [0.2, 0.25) is 0 Å². The number of ether oxygens (including phenoxy) is 1. The molecule has 3 N–H and O–H groups in total. The van der Waals surface area contributed by atoms with Crippen molar-refractivity contribution < 1.29 is 18.7 Å². The van der Waals surface area contributed by atoms with Crippen LogP contribution in [0.5, 0.6) is 0 Å². The third kappa shape index (κ3) is 6.02. The summed E-state index contributed by atoms with van der Waals surface area (Å²) in [6.07, 6.45) is 3.81. The van der Waals surface area contributed by atoms with E-state index in [1.54, 1.807) is 11.0 Å². The fourth-order valence-electron chi connectivity index (χ4n) is 2.78. The van der Waals surface area contributed by atoms with E-state index in [2.05, 4.69) is 15.3 Å². The zero-order valence-electron chi connectivity index (χ0n) is 18.3. The lowest BCUT2D eigenvalue weighted by Gasteiger charge is -2.26. The summed E-state index contributed by atoms with van der Waals surface area (Å²) in [6, 6.07) is 5.54. The molecule has 1 amide bonds. The highest BCUT2D eigenvalue weighted by Crippen LogP contribution is 2.26. The Hall–Kier alpha value is -3.46. The molecule has 0 bridgehead atoms. The van der Waals surface area contributed by atoms with Crippen LogP contribution in [-0.4, -0.2) is 60.4 Å². The Labute approximate surface area is 181 Å². The van der Waals surface area contributed by atoms with Gasteiger partial charge in [-0.25, -0.2) is 9.97 Å². The summed E-state index contributed by atoms with van der Waals surface area (Å²) in [4.78, 5) is 33.0. The predicted octanol–water partition coefficient (Wildman–Crippen LogP) is 3.15. The highest BCUT2D eigenvalue weighted by Gasteiger charge is 2.21. The van der Waals surface area contributed by atoms with Gasteiger partial charge in [-0.2, -0.15) is 0 Å². The molecule has 0 aliphatic carbocycles. The van der Waals surface area contributed by atoms with Crippen LogP contribution in [0.1, 0.15) is 40.3 Å². The van der Waals surface area contributed by atoms with Gasteiger partial charge in [0, 0.05) is 32.5 Å². The van der Waals surface area contributed by atoms with Gasteiger partial charge in [0.15, 0.2) is 17.6 Å². The number of nitrogens with one attached hydrogen (secondary N) is 1. The molecule has 1 aliphatic rings. The number of pyridine rings is 2. The Kier molecular flexibility index (Phi) is 8.95. The SMILES string of the molecule is CC.CNc1ccc(C)cn1.Nc1c(C=O)oc2cc(C(=O)N3CCOCC3)cnc12. The number of rotatable bonds is 3. The largest absolute Gasteiger partial charge is 0.449 e. The molecule has 1 aliphatic heterocycles. The fraction of sp³-hybridized carbons (Fsp3) is 0.364. The molecule has 31 heavy (non-hydrogen) atoms. The normalized spacial score (nSPS) is 12.8. The van der Waals surface area contributed by atoms with E-state index in [0.29, 0.717) is 49.3 Å². The van der Waals surface area contributed by atoms with Gasteiger partial charge in [-0.05, 0) is 24.6 Å². The lowest BCUT2D eigenvalue weighted by atomic mass is 10.2. The van der Waals surface area contributed by atoms with Gasteiger partial charge in [0.2, 0.25) is 0 Å². The van der Waals surface area contributed by atoms with Gasteiger partial charge in [-0.15, -0.1) is 0 Å². The number of aryl methyl sites for hydroxylation is 1. The summed E-state index contributed by atoms with van der Waals surface area (Å²) in [5.41, 5.74) is 8.24. The monoisotopic (exact) mass is 427 g/mol. The molecule has 0 spiro atoms. The fourth-order valence-corrected chi connectivity index (χ4v) is 2.78. The summed E-state index contributed by atoms with van der Waals surface area (Å²) in [6.45, 7) is 8.19. The molecule has 4 heterocycles. The van der Waals surface area contributed by atoms with Crippen LogP contribution in [0.3, 0.4) is 0 Å². The molecule has 3 aromatic rings. The van der Waals surface area contributed by atoms with Gasteiger partial charge >= 0.3 is 0 Å². The molecule has 1 saturated heterocycles. The highest BCUT2D eigenvalue weighted by atomic mass is 16.5. The van der Waals surface area contributed by atoms with Gasteiger partial charge in [0.25, 0.3) is 5.91 Å². The van der Waals surface area contributed by atoms with Crippen LogP contribution in [0.25, 0.3) is 11.1 Å². The van der Waals surface area contributed by atoms with Crippen molar-refractivity contribution >= 4 is 34.8 Å². The maximum atomic E-state index is 12.3. The Morgan fingerprint density at radius 2 is 1.90 bits per heavy atom. The van der Waals surface area contributed by atoms with E-state index in [4.69, 9.17) is 14.9 Å². The molecule has 0 aromatic carbocycles. The lowest BCUT2D eigenvalue weighted by Crippen LogP contribution is -2.40. The second kappa shape index (κ2) is 11.7. The predicted molar refractivity (Wildman–Crippen MR) is 120 cm³/mol. The minimum Gasteiger partial charge on any atom is -0.449 e. The molecule has 0 saturated carbocycles. The minimum atomic E-state index is -0.134. The zero-order valence-corrected chi connectivity index (χ0v) is 18.3. The number of furan rings is 1. The molecular formula is C22H29N5O4. The molecule has 1 fully saturated rings. The number of aromatic nitrogens is 2. The van der Waals surface area contributed by atoms with Crippen molar-refractivity contribution in [3.05, 3.63) is 47.5 Å². The van der Waals surface area contributed by atoms with E-state index in [0.717, 1.165) is 5.82 Å². The summed E-state index contributed by atoms with van der Waals surface area (Å²) >= 11 is 0. The third-order valence-electron chi connectivity index (χ3n) is 4.41. The standard InChI is InChI=1S/C13H13N3O4.C7H10N2.C2H6/c14-11-10(7-17)20-9-5-8(6-15-12(9)11)13(18)16-1-3-19-4-2-16;1-6-3-4-7(8-2)9-5-6;1-2/h5-7H,1-4,14H2;3-5H,1-2H3,(H,8,9);1-2H3. The number of aldehydes is 1. The van der Waals surface area contributed by atoms with Crippen molar-refractivity contribution in [2.45, 2.75) is 20.8 Å². The van der Waals surface area contributed by atoms with Crippen LogP contribution in [0.4, 0.5) is 11.5 Å². The summed E-state index contributed by atoms with van der Waals surface area (Å²) in [5, 5.41) is 2.94. The molecule has 0 atom stereocenters. The number of carbonyl (C=O) groups excluding carboxylic acids is 2. The van der Waals surface area contributed by atoms with Gasteiger partial charge in [-0.3, -0.25) is 9.59 Å². The maximum Gasteiger partial charge on any atom is 0.255 e. The number of nitrogens with zero attached hydrogens (tertiary/aromatic N) is 3. The number of hydrogen-bond acceptors (Lipinski definition) is 8. The van der Waals surface area contributed by atoms with Crippen molar-refractivity contribution in [2.24, 2.45) is 0 Å². The van der Waals surface area contributed by atoms with Crippen LogP contribution in [0.15, 0.2) is 35.0 Å². The number of carbonyl (C=O) groups is 2. The van der Waals surface area contributed by atoms with Crippen LogP contribution in [0, 0.1) is 6.92 Å². The Balaban J connectivity index is 0.000000261. The molecule has 166 valence electrons. The first-order valence-electron chi connectivity index (χ1n) is 10.1. The summed E-state index contributed by atoms with van der Waals surface area (Å²) < 4.78 is 10.5. The Morgan fingerprint density at radius 3 is 2.48 bits per heavy atom. The van der Waals surface area contributed by atoms with Crippen LogP contribution < -0.4 is 11.1 Å². The third-order valence-corrected chi connectivity index (χ3v) is 4.41. The number of fused-ring (bicyclic) bond motifs is 1. The molecular weight excluding hydrogens is 398 g/mol. The lowest BCUT2D eigenvalue weighted by molar-refractivity contribution is 0.0302. The van der Waals surface area contributed by atoms with Gasteiger partial charge in [-0.1, -0.05) is 19.9 Å².